The maximum Gasteiger partial charge on any atom is 0.0760 e. The first-order valence-corrected chi connectivity index (χ1v) is 6.25. The summed E-state index contributed by atoms with van der Waals surface area (Å²) in [5, 5.41) is 10.9. The zero-order chi connectivity index (χ0) is 11.5. The van der Waals surface area contributed by atoms with Crippen molar-refractivity contribution in [2.75, 3.05) is 0 Å². The van der Waals surface area contributed by atoms with Gasteiger partial charge in [0.2, 0.25) is 0 Å². The van der Waals surface area contributed by atoms with Gasteiger partial charge in [0.25, 0.3) is 0 Å². The molecule has 2 nitrogen and oxygen atoms in total. The molecule has 0 unspecified atom stereocenters. The van der Waals surface area contributed by atoms with Gasteiger partial charge in [-0.2, -0.15) is 0 Å². The summed E-state index contributed by atoms with van der Waals surface area (Å²) in [5.74, 6) is 0.366. The molecule has 3 N–H and O–H groups in total. The highest BCUT2D eigenvalue weighted by atomic mass is 35.5. The van der Waals surface area contributed by atoms with Crippen molar-refractivity contribution in [2.24, 2.45) is 11.7 Å². The Bertz CT molecular complexity index is 336. The predicted octanol–water partition coefficient (Wildman–Crippen LogP) is 3.31. The number of aliphatic hydroxyl groups excluding tert-OH is 1. The second-order valence-electron chi connectivity index (χ2n) is 4.61. The van der Waals surface area contributed by atoms with E-state index < -0.39 is 6.10 Å². The summed E-state index contributed by atoms with van der Waals surface area (Å²) in [6.45, 7) is 0. The van der Waals surface area contributed by atoms with Crippen LogP contribution in [0.15, 0.2) is 24.3 Å². The molecule has 0 heterocycles. The van der Waals surface area contributed by atoms with Crippen molar-refractivity contribution >= 4 is 24.0 Å². The number of nitrogens with two attached hydrogens (primary N) is 1. The molecule has 1 aliphatic carbocycles. The van der Waals surface area contributed by atoms with Crippen LogP contribution in [-0.2, 0) is 0 Å². The summed E-state index contributed by atoms with van der Waals surface area (Å²) in [5.41, 5.74) is 7.04. The third-order valence-electron chi connectivity index (χ3n) is 3.51. The first-order chi connectivity index (χ1) is 7.68. The molecule has 2 rings (SSSR count). The summed E-state index contributed by atoms with van der Waals surface area (Å²) in [6.07, 6.45) is 4.21. The molecule has 2 atom stereocenters. The molecule has 1 aliphatic rings. The van der Waals surface area contributed by atoms with Gasteiger partial charge in [0.15, 0.2) is 0 Å². The summed E-state index contributed by atoms with van der Waals surface area (Å²) in [4.78, 5) is 0. The lowest BCUT2D eigenvalue weighted by atomic mass is 9.91. The normalized spacial score (nSPS) is 19.7. The highest BCUT2D eigenvalue weighted by Gasteiger charge is 2.28. The van der Waals surface area contributed by atoms with Crippen LogP contribution in [0.2, 0.25) is 5.02 Å². The van der Waals surface area contributed by atoms with Crippen LogP contribution in [0.1, 0.15) is 37.3 Å². The fraction of sp³-hybridized carbons (Fsp3) is 0.538. The average Bonchev–Trinajstić information content (AvgIpc) is 2.81. The van der Waals surface area contributed by atoms with Crippen molar-refractivity contribution in [3.05, 3.63) is 34.9 Å². The molecule has 1 aromatic rings. The van der Waals surface area contributed by atoms with Crippen molar-refractivity contribution in [2.45, 2.75) is 37.8 Å². The third-order valence-corrected chi connectivity index (χ3v) is 3.76. The first kappa shape index (κ1) is 14.8. The van der Waals surface area contributed by atoms with Crippen molar-refractivity contribution in [3.63, 3.8) is 0 Å². The maximum absolute atomic E-state index is 10.2. The summed E-state index contributed by atoms with van der Waals surface area (Å²) >= 11 is 5.82. The molecule has 4 heteroatoms. The van der Waals surface area contributed by atoms with Gasteiger partial charge in [-0.15, -0.1) is 12.4 Å². The van der Waals surface area contributed by atoms with E-state index in [4.69, 9.17) is 17.3 Å². The van der Waals surface area contributed by atoms with Crippen LogP contribution in [0.5, 0.6) is 0 Å². The minimum absolute atomic E-state index is 0. The van der Waals surface area contributed by atoms with E-state index in [1.165, 1.54) is 12.8 Å². The van der Waals surface area contributed by atoms with Crippen molar-refractivity contribution in [3.8, 4) is 0 Å². The number of aliphatic hydroxyl groups is 1. The second kappa shape index (κ2) is 6.60. The molecular formula is C13H19Cl2NO. The highest BCUT2D eigenvalue weighted by Crippen LogP contribution is 2.32. The molecule has 1 fully saturated rings. The van der Waals surface area contributed by atoms with E-state index in [1.54, 1.807) is 0 Å². The molecular weight excluding hydrogens is 257 g/mol. The van der Waals surface area contributed by atoms with Crippen LogP contribution in [0, 0.1) is 5.92 Å². The van der Waals surface area contributed by atoms with Gasteiger partial charge < -0.3 is 10.8 Å². The predicted molar refractivity (Wildman–Crippen MR) is 73.6 cm³/mol. The topological polar surface area (TPSA) is 46.2 Å². The molecule has 17 heavy (non-hydrogen) atoms. The Morgan fingerprint density at radius 1 is 1.18 bits per heavy atom. The Hall–Kier alpha value is -0.280. The SMILES string of the molecule is Cl.N[C@H](c1ccc(Cl)cc1)[C@@H](O)C1CCCC1. The Morgan fingerprint density at radius 3 is 2.24 bits per heavy atom. The van der Waals surface area contributed by atoms with Crippen LogP contribution < -0.4 is 5.73 Å². The molecule has 0 saturated heterocycles. The monoisotopic (exact) mass is 275 g/mol. The Morgan fingerprint density at radius 2 is 1.71 bits per heavy atom. The Balaban J connectivity index is 0.00000144. The summed E-state index contributed by atoms with van der Waals surface area (Å²) in [6, 6.07) is 7.13. The lowest BCUT2D eigenvalue weighted by Gasteiger charge is -2.24. The smallest absolute Gasteiger partial charge is 0.0760 e. The van der Waals surface area contributed by atoms with E-state index in [-0.39, 0.29) is 18.4 Å². The molecule has 0 aromatic heterocycles. The largest absolute Gasteiger partial charge is 0.391 e. The van der Waals surface area contributed by atoms with Crippen LogP contribution in [0.4, 0.5) is 0 Å². The molecule has 1 saturated carbocycles. The lowest BCUT2D eigenvalue weighted by Crippen LogP contribution is -2.31. The van der Waals surface area contributed by atoms with Gasteiger partial charge in [0, 0.05) is 5.02 Å². The average molecular weight is 276 g/mol. The second-order valence-corrected chi connectivity index (χ2v) is 5.05. The minimum Gasteiger partial charge on any atom is -0.391 e. The number of rotatable bonds is 3. The van der Waals surface area contributed by atoms with E-state index in [9.17, 15) is 5.11 Å². The molecule has 0 aliphatic heterocycles. The van der Waals surface area contributed by atoms with E-state index in [2.05, 4.69) is 0 Å². The van der Waals surface area contributed by atoms with Gasteiger partial charge in [-0.1, -0.05) is 36.6 Å². The highest BCUT2D eigenvalue weighted by molar-refractivity contribution is 6.30. The molecule has 0 amide bonds. The Kier molecular flexibility index (Phi) is 5.74. The van der Waals surface area contributed by atoms with Gasteiger partial charge in [0.05, 0.1) is 12.1 Å². The Labute approximate surface area is 114 Å². The quantitative estimate of drug-likeness (QED) is 0.889. The van der Waals surface area contributed by atoms with Crippen LogP contribution in [0.25, 0.3) is 0 Å². The number of halogens is 2. The molecule has 0 spiro atoms. The molecule has 0 radical (unpaired) electrons. The number of benzene rings is 1. The van der Waals surface area contributed by atoms with E-state index >= 15 is 0 Å². The fourth-order valence-electron chi connectivity index (χ4n) is 2.47. The van der Waals surface area contributed by atoms with Crippen LogP contribution >= 0.6 is 24.0 Å². The van der Waals surface area contributed by atoms with Gasteiger partial charge in [-0.25, -0.2) is 0 Å². The van der Waals surface area contributed by atoms with Crippen LogP contribution in [-0.4, -0.2) is 11.2 Å². The van der Waals surface area contributed by atoms with Crippen molar-refractivity contribution in [1.29, 1.82) is 0 Å². The van der Waals surface area contributed by atoms with Crippen molar-refractivity contribution in [1.82, 2.24) is 0 Å². The molecule has 0 bridgehead atoms. The maximum atomic E-state index is 10.2. The number of hydrogen-bond acceptors (Lipinski definition) is 2. The van der Waals surface area contributed by atoms with Gasteiger partial charge in [-0.3, -0.25) is 0 Å². The molecule has 1 aromatic carbocycles. The standard InChI is InChI=1S/C13H18ClNO.ClH/c14-11-7-5-9(6-8-11)12(15)13(16)10-3-1-2-4-10;/h5-8,10,12-13,16H,1-4,15H2;1H/t12-,13+;/m1./s1. The minimum atomic E-state index is -0.427. The van der Waals surface area contributed by atoms with Gasteiger partial charge in [0.1, 0.15) is 0 Å². The zero-order valence-electron chi connectivity index (χ0n) is 9.68. The van der Waals surface area contributed by atoms with E-state index in [0.717, 1.165) is 18.4 Å². The van der Waals surface area contributed by atoms with Gasteiger partial charge >= 0.3 is 0 Å². The third kappa shape index (κ3) is 3.59. The van der Waals surface area contributed by atoms with Crippen LogP contribution in [0.3, 0.4) is 0 Å². The zero-order valence-corrected chi connectivity index (χ0v) is 11.3. The van der Waals surface area contributed by atoms with Crippen molar-refractivity contribution < 1.29 is 5.11 Å². The summed E-state index contributed by atoms with van der Waals surface area (Å²) < 4.78 is 0. The molecule has 96 valence electrons. The lowest BCUT2D eigenvalue weighted by molar-refractivity contribution is 0.0845. The first-order valence-electron chi connectivity index (χ1n) is 5.87. The van der Waals surface area contributed by atoms with E-state index in [0.29, 0.717) is 10.9 Å². The fourth-order valence-corrected chi connectivity index (χ4v) is 2.60. The summed E-state index contributed by atoms with van der Waals surface area (Å²) in [7, 11) is 0. The number of hydrogen-bond donors (Lipinski definition) is 2. The van der Waals surface area contributed by atoms with E-state index in [1.807, 2.05) is 24.3 Å². The van der Waals surface area contributed by atoms with Gasteiger partial charge in [-0.05, 0) is 36.5 Å².